The third kappa shape index (κ3) is 7.84. The molecule has 8 heteroatoms. The van der Waals surface area contributed by atoms with Crippen LogP contribution >= 0.6 is 35.6 Å². The average Bonchev–Trinajstić information content (AvgIpc) is 3.14. The number of halogens is 2. The van der Waals surface area contributed by atoms with Gasteiger partial charge in [-0.05, 0) is 30.7 Å². The van der Waals surface area contributed by atoms with Crippen molar-refractivity contribution < 1.29 is 13.9 Å². The number of aliphatic imine (C=N–C) groups is 1. The molecule has 1 heterocycles. The summed E-state index contributed by atoms with van der Waals surface area (Å²) in [5, 5.41) is 7.15. The second kappa shape index (κ2) is 12.8. The van der Waals surface area contributed by atoms with Crippen molar-refractivity contribution in [1.82, 2.24) is 10.6 Å². The van der Waals surface area contributed by atoms with Crippen molar-refractivity contribution in [2.24, 2.45) is 4.99 Å². The molecule has 2 N–H and O–H groups in total. The molecule has 1 aromatic carbocycles. The summed E-state index contributed by atoms with van der Waals surface area (Å²) in [6.07, 6.45) is 2.51. The Labute approximate surface area is 176 Å². The second-order valence-corrected chi connectivity index (χ2v) is 5.73. The van der Waals surface area contributed by atoms with Gasteiger partial charge in [-0.15, -0.1) is 24.0 Å². The average molecular weight is 494 g/mol. The Kier molecular flexibility index (Phi) is 11.1. The van der Waals surface area contributed by atoms with Gasteiger partial charge in [0.05, 0.1) is 13.4 Å². The number of nitrogens with zero attached hydrogens (tertiary/aromatic N) is 1. The van der Waals surface area contributed by atoms with Crippen LogP contribution in [0.15, 0.2) is 46.0 Å². The van der Waals surface area contributed by atoms with Crippen LogP contribution in [0, 0.1) is 0 Å². The topological polar surface area (TPSA) is 68.0 Å². The summed E-state index contributed by atoms with van der Waals surface area (Å²) in [6, 6.07) is 9.32. The first-order valence-electron chi connectivity index (χ1n) is 8.10. The molecule has 0 saturated heterocycles. The van der Waals surface area contributed by atoms with E-state index in [1.807, 2.05) is 24.3 Å². The zero-order valence-electron chi connectivity index (χ0n) is 15.0. The van der Waals surface area contributed by atoms with Crippen LogP contribution in [-0.2, 0) is 17.9 Å². The van der Waals surface area contributed by atoms with Gasteiger partial charge >= 0.3 is 0 Å². The Morgan fingerprint density at radius 1 is 1.27 bits per heavy atom. The van der Waals surface area contributed by atoms with Crippen molar-refractivity contribution in [2.75, 3.05) is 27.3 Å². The molecule has 26 heavy (non-hydrogen) atoms. The van der Waals surface area contributed by atoms with Crippen LogP contribution in [0.5, 0.6) is 5.75 Å². The van der Waals surface area contributed by atoms with Crippen molar-refractivity contribution >= 4 is 41.5 Å². The minimum Gasteiger partial charge on any atom is -0.496 e. The van der Waals surface area contributed by atoms with Crippen molar-refractivity contribution in [1.29, 1.82) is 0 Å². The van der Waals surface area contributed by atoms with Gasteiger partial charge in [0.25, 0.3) is 0 Å². The summed E-state index contributed by atoms with van der Waals surface area (Å²) in [5.41, 5.74) is 1.01. The first kappa shape index (κ1) is 22.6. The van der Waals surface area contributed by atoms with Gasteiger partial charge in [-0.25, -0.2) is 0 Å². The predicted octanol–water partition coefficient (Wildman–Crippen LogP) is 3.83. The highest BCUT2D eigenvalue weighted by atomic mass is 127. The van der Waals surface area contributed by atoms with E-state index in [0.717, 1.165) is 36.0 Å². The van der Waals surface area contributed by atoms with Gasteiger partial charge in [0.15, 0.2) is 5.96 Å². The molecule has 144 valence electrons. The monoisotopic (exact) mass is 493 g/mol. The van der Waals surface area contributed by atoms with Crippen molar-refractivity contribution in [3.05, 3.63) is 52.9 Å². The van der Waals surface area contributed by atoms with E-state index in [0.29, 0.717) is 24.8 Å². The van der Waals surface area contributed by atoms with E-state index < -0.39 is 0 Å². The Morgan fingerprint density at radius 2 is 2.12 bits per heavy atom. The third-order valence-corrected chi connectivity index (χ3v) is 3.74. The molecule has 0 aliphatic rings. The van der Waals surface area contributed by atoms with Crippen molar-refractivity contribution in [3.63, 3.8) is 0 Å². The van der Waals surface area contributed by atoms with E-state index in [1.165, 1.54) is 0 Å². The maximum Gasteiger partial charge on any atom is 0.191 e. The molecule has 0 atom stereocenters. The molecular weight excluding hydrogens is 469 g/mol. The largest absolute Gasteiger partial charge is 0.496 e. The fourth-order valence-electron chi connectivity index (χ4n) is 2.21. The van der Waals surface area contributed by atoms with Gasteiger partial charge in [-0.2, -0.15) is 0 Å². The summed E-state index contributed by atoms with van der Waals surface area (Å²) in [5.74, 6) is 2.31. The number of guanidine groups is 1. The SMILES string of the molecule is CN=C(NCCCOCc1ccco1)NCc1ccc(Cl)cc1OC.I. The molecule has 0 bridgehead atoms. The predicted molar refractivity (Wildman–Crippen MR) is 115 cm³/mol. The number of ether oxygens (including phenoxy) is 2. The van der Waals surface area contributed by atoms with Crippen LogP contribution in [0.3, 0.4) is 0 Å². The molecule has 6 nitrogen and oxygen atoms in total. The zero-order chi connectivity index (χ0) is 17.9. The van der Waals surface area contributed by atoms with Gasteiger partial charge in [-0.3, -0.25) is 4.99 Å². The van der Waals surface area contributed by atoms with Crippen LogP contribution in [0.1, 0.15) is 17.7 Å². The second-order valence-electron chi connectivity index (χ2n) is 5.29. The molecular formula is C18H25ClIN3O3. The lowest BCUT2D eigenvalue weighted by atomic mass is 10.2. The molecule has 0 spiro atoms. The van der Waals surface area contributed by atoms with Crippen molar-refractivity contribution in [2.45, 2.75) is 19.6 Å². The standard InChI is InChI=1S/C18H24ClN3O3.HI/c1-20-18(21-8-4-9-24-13-16-5-3-10-25-16)22-12-14-6-7-15(19)11-17(14)23-2;/h3,5-7,10-11H,4,8-9,12-13H2,1-2H3,(H2,20,21,22);1H. The van der Waals surface area contributed by atoms with Crippen LogP contribution in [0.4, 0.5) is 0 Å². The summed E-state index contributed by atoms with van der Waals surface area (Å²) in [6.45, 7) is 2.50. The van der Waals surface area contributed by atoms with E-state index in [-0.39, 0.29) is 24.0 Å². The fraction of sp³-hybridized carbons (Fsp3) is 0.389. The van der Waals surface area contributed by atoms with Crippen LogP contribution in [-0.4, -0.2) is 33.3 Å². The minimum absolute atomic E-state index is 0. The van der Waals surface area contributed by atoms with Gasteiger partial charge < -0.3 is 24.5 Å². The molecule has 0 fully saturated rings. The number of nitrogens with one attached hydrogen (secondary N) is 2. The normalized spacial score (nSPS) is 11.0. The lowest BCUT2D eigenvalue weighted by Gasteiger charge is -2.14. The van der Waals surface area contributed by atoms with E-state index in [4.69, 9.17) is 25.5 Å². The van der Waals surface area contributed by atoms with Crippen LogP contribution < -0.4 is 15.4 Å². The van der Waals surface area contributed by atoms with E-state index >= 15 is 0 Å². The van der Waals surface area contributed by atoms with Gasteiger partial charge in [0.2, 0.25) is 0 Å². The molecule has 0 radical (unpaired) electrons. The molecule has 2 rings (SSSR count). The lowest BCUT2D eigenvalue weighted by molar-refractivity contribution is 0.105. The molecule has 0 aliphatic carbocycles. The molecule has 0 saturated carbocycles. The maximum atomic E-state index is 5.97. The van der Waals surface area contributed by atoms with Gasteiger partial charge in [0, 0.05) is 37.3 Å². The minimum atomic E-state index is 0. The van der Waals surface area contributed by atoms with E-state index in [1.54, 1.807) is 26.5 Å². The first-order chi connectivity index (χ1) is 12.2. The smallest absolute Gasteiger partial charge is 0.191 e. The summed E-state index contributed by atoms with van der Waals surface area (Å²) >= 11 is 5.97. The maximum absolute atomic E-state index is 5.97. The van der Waals surface area contributed by atoms with Gasteiger partial charge in [-0.1, -0.05) is 17.7 Å². The highest BCUT2D eigenvalue weighted by Crippen LogP contribution is 2.22. The molecule has 0 amide bonds. The molecule has 0 aliphatic heterocycles. The molecule has 2 aromatic rings. The number of furan rings is 1. The quantitative estimate of drug-likeness (QED) is 0.241. The Morgan fingerprint density at radius 3 is 2.81 bits per heavy atom. The first-order valence-corrected chi connectivity index (χ1v) is 8.47. The number of methoxy groups -OCH3 is 1. The van der Waals surface area contributed by atoms with Gasteiger partial charge in [0.1, 0.15) is 18.1 Å². The number of hydrogen-bond donors (Lipinski definition) is 2. The third-order valence-electron chi connectivity index (χ3n) is 3.50. The Balaban J connectivity index is 0.00000338. The van der Waals surface area contributed by atoms with Crippen LogP contribution in [0.25, 0.3) is 0 Å². The zero-order valence-corrected chi connectivity index (χ0v) is 18.0. The highest BCUT2D eigenvalue weighted by Gasteiger charge is 2.05. The Hall–Kier alpha value is -1.45. The van der Waals surface area contributed by atoms with Crippen LogP contribution in [0.2, 0.25) is 5.02 Å². The van der Waals surface area contributed by atoms with Crippen molar-refractivity contribution in [3.8, 4) is 5.75 Å². The Bertz CT molecular complexity index is 666. The molecule has 0 unspecified atom stereocenters. The highest BCUT2D eigenvalue weighted by molar-refractivity contribution is 14.0. The number of benzene rings is 1. The number of rotatable bonds is 9. The number of hydrogen-bond acceptors (Lipinski definition) is 4. The molecule has 1 aromatic heterocycles. The fourth-order valence-corrected chi connectivity index (χ4v) is 2.37. The van der Waals surface area contributed by atoms with E-state index in [9.17, 15) is 0 Å². The lowest BCUT2D eigenvalue weighted by Crippen LogP contribution is -2.37. The summed E-state index contributed by atoms with van der Waals surface area (Å²) in [4.78, 5) is 4.21. The summed E-state index contributed by atoms with van der Waals surface area (Å²) in [7, 11) is 3.37. The van der Waals surface area contributed by atoms with E-state index in [2.05, 4.69) is 15.6 Å². The summed E-state index contributed by atoms with van der Waals surface area (Å²) < 4.78 is 16.1.